The minimum atomic E-state index is -0.754. The van der Waals surface area contributed by atoms with Crippen molar-refractivity contribution in [3.05, 3.63) is 104 Å². The molecule has 2 aromatic heterocycles. The first kappa shape index (κ1) is 22.5. The van der Waals surface area contributed by atoms with Crippen LogP contribution in [0.15, 0.2) is 75.9 Å². The number of halogens is 1. The van der Waals surface area contributed by atoms with Crippen LogP contribution in [0.1, 0.15) is 45.0 Å². The van der Waals surface area contributed by atoms with Gasteiger partial charge in [0.15, 0.2) is 10.6 Å². The molecule has 0 radical (unpaired) electrons. The lowest BCUT2D eigenvalue weighted by molar-refractivity contribution is 0.0526. The highest BCUT2D eigenvalue weighted by Crippen LogP contribution is 2.43. The Labute approximate surface area is 213 Å². The first-order valence-corrected chi connectivity index (χ1v) is 12.4. The number of aromatic nitrogens is 1. The summed E-state index contributed by atoms with van der Waals surface area (Å²) < 4.78 is 11.8. The number of benzene rings is 3. The molecule has 178 valence electrons. The second-order valence-corrected chi connectivity index (χ2v) is 9.64. The van der Waals surface area contributed by atoms with Crippen molar-refractivity contribution in [1.82, 2.24) is 4.98 Å². The van der Waals surface area contributed by atoms with Gasteiger partial charge in [0.25, 0.3) is 5.91 Å². The fourth-order valence-corrected chi connectivity index (χ4v) is 5.59. The lowest BCUT2D eigenvalue weighted by Crippen LogP contribution is -2.29. The third-order valence-corrected chi connectivity index (χ3v) is 7.33. The molecular formula is C27H17ClN2O5S. The average molecular weight is 517 g/mol. The number of para-hydroxylation sites is 1. The van der Waals surface area contributed by atoms with Crippen LogP contribution >= 0.6 is 22.9 Å². The van der Waals surface area contributed by atoms with E-state index in [0.717, 1.165) is 0 Å². The molecule has 0 bridgehead atoms. The third kappa shape index (κ3) is 3.49. The number of nitrogens with zero attached hydrogens (tertiary/aromatic N) is 2. The van der Waals surface area contributed by atoms with Gasteiger partial charge >= 0.3 is 5.97 Å². The number of thiazole rings is 1. The molecule has 0 saturated heterocycles. The van der Waals surface area contributed by atoms with E-state index in [1.807, 2.05) is 0 Å². The fraction of sp³-hybridized carbons (Fsp3) is 0.111. The third-order valence-electron chi connectivity index (χ3n) is 6.06. The first-order valence-electron chi connectivity index (χ1n) is 11.2. The van der Waals surface area contributed by atoms with Gasteiger partial charge in [0.2, 0.25) is 5.76 Å². The van der Waals surface area contributed by atoms with Gasteiger partial charge in [-0.15, -0.1) is 0 Å². The van der Waals surface area contributed by atoms with Crippen molar-refractivity contribution in [3.63, 3.8) is 0 Å². The van der Waals surface area contributed by atoms with Gasteiger partial charge in [0, 0.05) is 5.02 Å². The molecular weight excluding hydrogens is 500 g/mol. The molecule has 6 rings (SSSR count). The zero-order valence-corrected chi connectivity index (χ0v) is 20.4. The van der Waals surface area contributed by atoms with Gasteiger partial charge in [-0.25, -0.2) is 9.78 Å². The number of hydrogen-bond donors (Lipinski definition) is 0. The molecule has 0 fully saturated rings. The summed E-state index contributed by atoms with van der Waals surface area (Å²) in [7, 11) is 0. The quantitative estimate of drug-likeness (QED) is 0.273. The molecule has 0 saturated carbocycles. The van der Waals surface area contributed by atoms with Crippen LogP contribution in [-0.2, 0) is 4.74 Å². The van der Waals surface area contributed by atoms with Crippen molar-refractivity contribution in [2.45, 2.75) is 13.0 Å². The van der Waals surface area contributed by atoms with Crippen molar-refractivity contribution >= 4 is 61.1 Å². The predicted octanol–water partition coefficient (Wildman–Crippen LogP) is 5.98. The summed E-state index contributed by atoms with van der Waals surface area (Å²) in [6.07, 6.45) is 0. The van der Waals surface area contributed by atoms with Crippen LogP contribution in [-0.4, -0.2) is 23.5 Å². The lowest BCUT2D eigenvalue weighted by atomic mass is 9.99. The van der Waals surface area contributed by atoms with Crippen molar-refractivity contribution in [3.8, 4) is 0 Å². The van der Waals surface area contributed by atoms with Gasteiger partial charge in [0.1, 0.15) is 5.58 Å². The Morgan fingerprint density at radius 2 is 1.89 bits per heavy atom. The number of anilines is 1. The van der Waals surface area contributed by atoms with Gasteiger partial charge in [-0.05, 0) is 55.0 Å². The van der Waals surface area contributed by atoms with Gasteiger partial charge in [-0.2, -0.15) is 0 Å². The molecule has 1 aliphatic rings. The Morgan fingerprint density at radius 1 is 1.11 bits per heavy atom. The standard InChI is InChI=1S/C27H17ClN2O5S/c1-2-34-26(33)15-9-12-18-20(13-15)36-27(29-18)30-22(14-7-10-16(28)11-8-14)21-23(31)17-5-3-4-6-19(17)35-24(21)25(30)32/h3-13,22H,2H2,1H3. The van der Waals surface area contributed by atoms with E-state index >= 15 is 0 Å². The number of fused-ring (bicyclic) bond motifs is 3. The van der Waals surface area contributed by atoms with Crippen LogP contribution in [0.5, 0.6) is 0 Å². The van der Waals surface area contributed by atoms with Crippen molar-refractivity contribution in [2.75, 3.05) is 11.5 Å². The monoisotopic (exact) mass is 516 g/mol. The number of carbonyl (C=O) groups excluding carboxylic acids is 2. The number of rotatable bonds is 4. The average Bonchev–Trinajstić information content (AvgIpc) is 3.43. The topological polar surface area (TPSA) is 89.7 Å². The van der Waals surface area contributed by atoms with E-state index in [-0.39, 0.29) is 23.4 Å². The number of ether oxygens (including phenoxy) is 1. The van der Waals surface area contributed by atoms with E-state index in [4.69, 9.17) is 20.8 Å². The van der Waals surface area contributed by atoms with E-state index < -0.39 is 17.9 Å². The van der Waals surface area contributed by atoms with Crippen molar-refractivity contribution < 1.29 is 18.7 Å². The highest BCUT2D eigenvalue weighted by molar-refractivity contribution is 7.22. The Bertz CT molecular complexity index is 1740. The normalized spacial score (nSPS) is 15.0. The van der Waals surface area contributed by atoms with E-state index in [2.05, 4.69) is 4.98 Å². The zero-order valence-electron chi connectivity index (χ0n) is 18.9. The molecule has 3 heterocycles. The van der Waals surface area contributed by atoms with Crippen LogP contribution in [0.3, 0.4) is 0 Å². The Kier molecular flexibility index (Phi) is 5.35. The molecule has 1 atom stereocenters. The summed E-state index contributed by atoms with van der Waals surface area (Å²) in [5, 5.41) is 1.31. The second kappa shape index (κ2) is 8.58. The minimum Gasteiger partial charge on any atom is -0.462 e. The molecule has 5 aromatic rings. The summed E-state index contributed by atoms with van der Waals surface area (Å²) in [5.74, 6) is -0.901. The molecule has 1 amide bonds. The maximum atomic E-state index is 13.7. The molecule has 3 aromatic carbocycles. The summed E-state index contributed by atoms with van der Waals surface area (Å²) >= 11 is 7.36. The maximum absolute atomic E-state index is 13.7. The molecule has 1 unspecified atom stereocenters. The number of esters is 1. The summed E-state index contributed by atoms with van der Waals surface area (Å²) in [6, 6.07) is 18.1. The molecule has 1 aliphatic heterocycles. The van der Waals surface area contributed by atoms with Crippen LogP contribution in [0.4, 0.5) is 5.13 Å². The van der Waals surface area contributed by atoms with E-state index in [1.165, 1.54) is 16.2 Å². The maximum Gasteiger partial charge on any atom is 0.338 e. The van der Waals surface area contributed by atoms with E-state index in [9.17, 15) is 14.4 Å². The highest BCUT2D eigenvalue weighted by Gasteiger charge is 2.45. The summed E-state index contributed by atoms with van der Waals surface area (Å²) in [6.45, 7) is 2.01. The largest absolute Gasteiger partial charge is 0.462 e. The molecule has 0 N–H and O–H groups in total. The van der Waals surface area contributed by atoms with Gasteiger partial charge in [-0.3, -0.25) is 14.5 Å². The lowest BCUT2D eigenvalue weighted by Gasteiger charge is -2.22. The number of carbonyl (C=O) groups is 2. The molecule has 36 heavy (non-hydrogen) atoms. The first-order chi connectivity index (χ1) is 17.5. The molecule has 9 heteroatoms. The Balaban J connectivity index is 1.55. The van der Waals surface area contributed by atoms with E-state index in [0.29, 0.717) is 42.5 Å². The summed E-state index contributed by atoms with van der Waals surface area (Å²) in [5.41, 5.74) is 2.04. The Hall–Kier alpha value is -4.01. The van der Waals surface area contributed by atoms with Gasteiger partial charge < -0.3 is 9.15 Å². The Morgan fingerprint density at radius 3 is 2.67 bits per heavy atom. The highest BCUT2D eigenvalue weighted by atomic mass is 35.5. The SMILES string of the molecule is CCOC(=O)c1ccc2nc(N3C(=O)c4oc5ccccc5c(=O)c4C3c3ccc(Cl)cc3)sc2c1. The minimum absolute atomic E-state index is 0.00915. The number of amides is 1. The van der Waals surface area contributed by atoms with Gasteiger partial charge in [0.05, 0.1) is 39.4 Å². The van der Waals surface area contributed by atoms with Crippen LogP contribution in [0, 0.1) is 0 Å². The number of hydrogen-bond acceptors (Lipinski definition) is 7. The van der Waals surface area contributed by atoms with Crippen molar-refractivity contribution in [2.24, 2.45) is 0 Å². The van der Waals surface area contributed by atoms with Gasteiger partial charge in [-0.1, -0.05) is 47.2 Å². The van der Waals surface area contributed by atoms with Crippen LogP contribution in [0.25, 0.3) is 21.2 Å². The zero-order chi connectivity index (χ0) is 25.0. The van der Waals surface area contributed by atoms with Crippen molar-refractivity contribution in [1.29, 1.82) is 0 Å². The van der Waals surface area contributed by atoms with E-state index in [1.54, 1.807) is 73.7 Å². The predicted molar refractivity (Wildman–Crippen MR) is 138 cm³/mol. The molecule has 7 nitrogen and oxygen atoms in total. The molecule has 0 aliphatic carbocycles. The second-order valence-electron chi connectivity index (χ2n) is 8.20. The van der Waals surface area contributed by atoms with Crippen LogP contribution in [0.2, 0.25) is 5.02 Å². The smallest absolute Gasteiger partial charge is 0.338 e. The summed E-state index contributed by atoms with van der Waals surface area (Å²) in [4.78, 5) is 45.7. The molecule has 0 spiro atoms. The fourth-order valence-electron chi connectivity index (χ4n) is 4.43. The van der Waals surface area contributed by atoms with Crippen LogP contribution < -0.4 is 10.3 Å².